The minimum Gasteiger partial charge on any atom is -0.465 e. The number of benzene rings is 1. The van der Waals surface area contributed by atoms with Gasteiger partial charge in [0.05, 0.1) is 25.2 Å². The summed E-state index contributed by atoms with van der Waals surface area (Å²) in [5.41, 5.74) is 0.649. The summed E-state index contributed by atoms with van der Waals surface area (Å²) in [7, 11) is 0. The summed E-state index contributed by atoms with van der Waals surface area (Å²) in [4.78, 5) is 12.2. The van der Waals surface area contributed by atoms with Crippen molar-refractivity contribution in [2.24, 2.45) is 5.41 Å². The molecular weight excluding hydrogens is 254 g/mol. The van der Waals surface area contributed by atoms with Gasteiger partial charge in [-0.2, -0.15) is 0 Å². The van der Waals surface area contributed by atoms with Gasteiger partial charge in [-0.05, 0) is 38.4 Å². The number of carbonyl (C=O) groups excluding carboxylic acids is 1. The van der Waals surface area contributed by atoms with E-state index in [0.717, 1.165) is 31.5 Å². The van der Waals surface area contributed by atoms with Crippen LogP contribution in [0.15, 0.2) is 30.3 Å². The zero-order chi connectivity index (χ0) is 14.3. The topological polar surface area (TPSA) is 47.6 Å². The molecule has 0 saturated carbocycles. The molecule has 1 saturated heterocycles. The van der Waals surface area contributed by atoms with Gasteiger partial charge in [0.25, 0.3) is 0 Å². The SMILES string of the molecule is CCOC(=O)C1(COCc2ccccc2)CCNCC1. The summed E-state index contributed by atoms with van der Waals surface area (Å²) >= 11 is 0. The lowest BCUT2D eigenvalue weighted by atomic mass is 9.79. The lowest BCUT2D eigenvalue weighted by Gasteiger charge is -2.34. The molecule has 1 aromatic rings. The second-order valence-electron chi connectivity index (χ2n) is 5.23. The minimum atomic E-state index is -0.476. The highest BCUT2D eigenvalue weighted by Gasteiger charge is 2.41. The number of nitrogens with one attached hydrogen (secondary N) is 1. The van der Waals surface area contributed by atoms with Gasteiger partial charge < -0.3 is 14.8 Å². The van der Waals surface area contributed by atoms with E-state index in [4.69, 9.17) is 9.47 Å². The Bertz CT molecular complexity index is 413. The Morgan fingerprint density at radius 1 is 1.25 bits per heavy atom. The standard InChI is InChI=1S/C16H23NO3/c1-2-20-15(18)16(8-10-17-11-9-16)13-19-12-14-6-4-3-5-7-14/h3-7,17H,2,8-13H2,1H3. The highest BCUT2D eigenvalue weighted by Crippen LogP contribution is 2.31. The zero-order valence-corrected chi connectivity index (χ0v) is 12.1. The smallest absolute Gasteiger partial charge is 0.314 e. The van der Waals surface area contributed by atoms with Crippen molar-refractivity contribution in [3.8, 4) is 0 Å². The lowest BCUT2D eigenvalue weighted by Crippen LogP contribution is -2.46. The molecule has 1 heterocycles. The Morgan fingerprint density at radius 2 is 1.95 bits per heavy atom. The average Bonchev–Trinajstić information content (AvgIpc) is 2.49. The predicted molar refractivity (Wildman–Crippen MR) is 77.3 cm³/mol. The Kier molecular flexibility index (Phi) is 5.56. The molecule has 1 fully saturated rings. The fourth-order valence-electron chi connectivity index (χ4n) is 2.54. The number of esters is 1. The van der Waals surface area contributed by atoms with Crippen molar-refractivity contribution in [1.29, 1.82) is 0 Å². The maximum absolute atomic E-state index is 12.2. The molecule has 1 aromatic carbocycles. The van der Waals surface area contributed by atoms with Gasteiger partial charge in [0, 0.05) is 0 Å². The Balaban J connectivity index is 1.92. The molecule has 0 aromatic heterocycles. The molecule has 0 bridgehead atoms. The number of carbonyl (C=O) groups is 1. The van der Waals surface area contributed by atoms with Crippen LogP contribution in [0.2, 0.25) is 0 Å². The van der Waals surface area contributed by atoms with Crippen LogP contribution in [-0.2, 0) is 20.9 Å². The van der Waals surface area contributed by atoms with Crippen molar-refractivity contribution in [2.75, 3.05) is 26.3 Å². The van der Waals surface area contributed by atoms with Crippen LogP contribution in [0.3, 0.4) is 0 Å². The minimum absolute atomic E-state index is 0.116. The maximum atomic E-state index is 12.2. The molecule has 4 nitrogen and oxygen atoms in total. The van der Waals surface area contributed by atoms with E-state index >= 15 is 0 Å². The van der Waals surface area contributed by atoms with Crippen molar-refractivity contribution in [3.63, 3.8) is 0 Å². The Labute approximate surface area is 120 Å². The first-order valence-electron chi connectivity index (χ1n) is 7.26. The number of ether oxygens (including phenoxy) is 2. The molecule has 20 heavy (non-hydrogen) atoms. The monoisotopic (exact) mass is 277 g/mol. The van der Waals surface area contributed by atoms with E-state index in [1.165, 1.54) is 0 Å². The van der Waals surface area contributed by atoms with Crippen LogP contribution in [0, 0.1) is 5.41 Å². The summed E-state index contributed by atoms with van der Waals surface area (Å²) in [6.45, 7) is 4.92. The largest absolute Gasteiger partial charge is 0.465 e. The van der Waals surface area contributed by atoms with E-state index in [-0.39, 0.29) is 5.97 Å². The summed E-state index contributed by atoms with van der Waals surface area (Å²) in [6, 6.07) is 10.0. The molecular formula is C16H23NO3. The van der Waals surface area contributed by atoms with E-state index in [2.05, 4.69) is 5.32 Å². The van der Waals surface area contributed by atoms with Gasteiger partial charge in [-0.15, -0.1) is 0 Å². The van der Waals surface area contributed by atoms with Crippen molar-refractivity contribution in [3.05, 3.63) is 35.9 Å². The molecule has 1 aliphatic heterocycles. The molecule has 0 amide bonds. The zero-order valence-electron chi connectivity index (χ0n) is 12.1. The normalized spacial score (nSPS) is 17.6. The first-order chi connectivity index (χ1) is 9.77. The molecule has 0 unspecified atom stereocenters. The first-order valence-corrected chi connectivity index (χ1v) is 7.26. The van der Waals surface area contributed by atoms with Crippen molar-refractivity contribution in [1.82, 2.24) is 5.32 Å². The molecule has 0 spiro atoms. The molecule has 0 aliphatic carbocycles. The van der Waals surface area contributed by atoms with Crippen LogP contribution in [0.5, 0.6) is 0 Å². The molecule has 1 aliphatic rings. The summed E-state index contributed by atoms with van der Waals surface area (Å²) < 4.78 is 11.0. The Morgan fingerprint density at radius 3 is 2.60 bits per heavy atom. The third-order valence-electron chi connectivity index (χ3n) is 3.76. The van der Waals surface area contributed by atoms with Crippen LogP contribution in [-0.4, -0.2) is 32.3 Å². The van der Waals surface area contributed by atoms with Gasteiger partial charge in [0.1, 0.15) is 0 Å². The third kappa shape index (κ3) is 3.81. The van der Waals surface area contributed by atoms with Crippen molar-refractivity contribution in [2.45, 2.75) is 26.4 Å². The van der Waals surface area contributed by atoms with Gasteiger partial charge in [-0.25, -0.2) is 0 Å². The quantitative estimate of drug-likeness (QED) is 0.809. The Hall–Kier alpha value is -1.39. The highest BCUT2D eigenvalue weighted by molar-refractivity contribution is 5.77. The predicted octanol–water partition coefficient (Wildman–Crippen LogP) is 2.14. The van der Waals surface area contributed by atoms with E-state index in [9.17, 15) is 4.79 Å². The van der Waals surface area contributed by atoms with E-state index < -0.39 is 5.41 Å². The van der Waals surface area contributed by atoms with Gasteiger partial charge in [0.2, 0.25) is 0 Å². The average molecular weight is 277 g/mol. The van der Waals surface area contributed by atoms with E-state index in [1.54, 1.807) is 0 Å². The lowest BCUT2D eigenvalue weighted by molar-refractivity contribution is -0.162. The molecule has 0 atom stereocenters. The molecule has 0 radical (unpaired) electrons. The number of rotatable bonds is 6. The second-order valence-corrected chi connectivity index (χ2v) is 5.23. The van der Waals surface area contributed by atoms with Crippen LogP contribution in [0.4, 0.5) is 0 Å². The van der Waals surface area contributed by atoms with Crippen LogP contribution >= 0.6 is 0 Å². The highest BCUT2D eigenvalue weighted by atomic mass is 16.5. The summed E-state index contributed by atoms with van der Waals surface area (Å²) in [5, 5.41) is 3.28. The van der Waals surface area contributed by atoms with Crippen molar-refractivity contribution >= 4 is 5.97 Å². The van der Waals surface area contributed by atoms with Crippen LogP contribution in [0.1, 0.15) is 25.3 Å². The molecule has 110 valence electrons. The van der Waals surface area contributed by atoms with E-state index in [1.807, 2.05) is 37.3 Å². The second kappa shape index (κ2) is 7.41. The van der Waals surface area contributed by atoms with Gasteiger partial charge in [0.15, 0.2) is 0 Å². The summed E-state index contributed by atoms with van der Waals surface area (Å²) in [5.74, 6) is -0.116. The number of piperidine rings is 1. The van der Waals surface area contributed by atoms with Gasteiger partial charge in [-0.3, -0.25) is 4.79 Å². The third-order valence-corrected chi connectivity index (χ3v) is 3.76. The number of hydrogen-bond donors (Lipinski definition) is 1. The van der Waals surface area contributed by atoms with Crippen LogP contribution in [0.25, 0.3) is 0 Å². The fourth-order valence-corrected chi connectivity index (χ4v) is 2.54. The molecule has 2 rings (SSSR count). The maximum Gasteiger partial charge on any atom is 0.314 e. The van der Waals surface area contributed by atoms with Gasteiger partial charge >= 0.3 is 5.97 Å². The molecule has 1 N–H and O–H groups in total. The summed E-state index contributed by atoms with van der Waals surface area (Å²) in [6.07, 6.45) is 1.56. The molecule has 4 heteroatoms. The van der Waals surface area contributed by atoms with Gasteiger partial charge in [-0.1, -0.05) is 30.3 Å². The first kappa shape index (κ1) is 15.0. The fraction of sp³-hybridized carbons (Fsp3) is 0.562. The van der Waals surface area contributed by atoms with Crippen LogP contribution < -0.4 is 5.32 Å². The van der Waals surface area contributed by atoms with E-state index in [0.29, 0.717) is 19.8 Å². The van der Waals surface area contributed by atoms with Crippen molar-refractivity contribution < 1.29 is 14.3 Å². The number of hydrogen-bond acceptors (Lipinski definition) is 4.